The van der Waals surface area contributed by atoms with Gasteiger partial charge >= 0.3 is 6.18 Å². The second kappa shape index (κ2) is 5.24. The SMILES string of the molecule is Cc1nc(-c2cc(F)cc(C(F)(F)F)c2)nc(NN)c1F. The van der Waals surface area contributed by atoms with Crippen molar-refractivity contribution in [1.82, 2.24) is 9.97 Å². The molecule has 2 aromatic rings. The predicted molar refractivity (Wildman–Crippen MR) is 64.9 cm³/mol. The van der Waals surface area contributed by atoms with Gasteiger partial charge in [-0.3, -0.25) is 0 Å². The van der Waals surface area contributed by atoms with Gasteiger partial charge in [-0.1, -0.05) is 0 Å². The summed E-state index contributed by atoms with van der Waals surface area (Å²) in [7, 11) is 0. The molecule has 0 radical (unpaired) electrons. The Morgan fingerprint density at radius 2 is 1.76 bits per heavy atom. The Labute approximate surface area is 115 Å². The minimum absolute atomic E-state index is 0.134. The zero-order chi connectivity index (χ0) is 15.8. The van der Waals surface area contributed by atoms with Gasteiger partial charge in [-0.05, 0) is 25.1 Å². The van der Waals surface area contributed by atoms with Crippen LogP contribution in [0.15, 0.2) is 18.2 Å². The lowest BCUT2D eigenvalue weighted by Crippen LogP contribution is -2.13. The Hall–Kier alpha value is -2.29. The van der Waals surface area contributed by atoms with Gasteiger partial charge in [0.05, 0.1) is 11.3 Å². The van der Waals surface area contributed by atoms with Crippen LogP contribution in [0, 0.1) is 18.6 Å². The van der Waals surface area contributed by atoms with Gasteiger partial charge in [0, 0.05) is 5.56 Å². The highest BCUT2D eigenvalue weighted by atomic mass is 19.4. The van der Waals surface area contributed by atoms with Crippen LogP contribution >= 0.6 is 0 Å². The number of rotatable bonds is 2. The van der Waals surface area contributed by atoms with Crippen LogP contribution in [0.2, 0.25) is 0 Å². The summed E-state index contributed by atoms with van der Waals surface area (Å²) in [5.41, 5.74) is 0.406. The lowest BCUT2D eigenvalue weighted by molar-refractivity contribution is -0.137. The molecule has 0 amide bonds. The summed E-state index contributed by atoms with van der Waals surface area (Å²) in [5.74, 6) is 2.45. The van der Waals surface area contributed by atoms with Crippen molar-refractivity contribution in [3.63, 3.8) is 0 Å². The minimum atomic E-state index is -4.72. The quantitative estimate of drug-likeness (QED) is 0.508. The van der Waals surface area contributed by atoms with Gasteiger partial charge in [0.2, 0.25) is 0 Å². The number of aryl methyl sites for hydroxylation is 1. The molecule has 0 aliphatic rings. The van der Waals surface area contributed by atoms with E-state index in [0.29, 0.717) is 12.1 Å². The highest BCUT2D eigenvalue weighted by Gasteiger charge is 2.31. The lowest BCUT2D eigenvalue weighted by Gasteiger charge is -2.10. The van der Waals surface area contributed by atoms with E-state index >= 15 is 0 Å². The summed E-state index contributed by atoms with van der Waals surface area (Å²) in [6.45, 7) is 1.28. The minimum Gasteiger partial charge on any atom is -0.306 e. The molecule has 3 N–H and O–H groups in total. The highest BCUT2D eigenvalue weighted by molar-refractivity contribution is 5.59. The zero-order valence-corrected chi connectivity index (χ0v) is 10.6. The summed E-state index contributed by atoms with van der Waals surface area (Å²) >= 11 is 0. The fraction of sp³-hybridized carbons (Fsp3) is 0.167. The molecule has 1 aromatic carbocycles. The molecule has 4 nitrogen and oxygen atoms in total. The van der Waals surface area contributed by atoms with Gasteiger partial charge in [0.25, 0.3) is 0 Å². The first-order valence-electron chi connectivity index (χ1n) is 5.61. The van der Waals surface area contributed by atoms with E-state index in [-0.39, 0.29) is 17.1 Å². The lowest BCUT2D eigenvalue weighted by atomic mass is 10.1. The van der Waals surface area contributed by atoms with Crippen molar-refractivity contribution in [2.24, 2.45) is 5.84 Å². The predicted octanol–water partition coefficient (Wildman–Crippen LogP) is 3.03. The Kier molecular flexibility index (Phi) is 3.77. The molecule has 21 heavy (non-hydrogen) atoms. The molecule has 0 atom stereocenters. The number of aromatic nitrogens is 2. The van der Waals surface area contributed by atoms with E-state index in [0.717, 1.165) is 6.07 Å². The third-order valence-corrected chi connectivity index (χ3v) is 2.64. The number of anilines is 1. The first-order valence-corrected chi connectivity index (χ1v) is 5.61. The summed E-state index contributed by atoms with van der Waals surface area (Å²) in [4.78, 5) is 7.33. The second-order valence-corrected chi connectivity index (χ2v) is 4.17. The van der Waals surface area contributed by atoms with E-state index in [9.17, 15) is 22.0 Å². The van der Waals surface area contributed by atoms with E-state index in [1.807, 2.05) is 5.43 Å². The van der Waals surface area contributed by atoms with Crippen LogP contribution in [0.4, 0.5) is 27.8 Å². The van der Waals surface area contributed by atoms with Crippen molar-refractivity contribution >= 4 is 5.82 Å². The topological polar surface area (TPSA) is 63.8 Å². The molecular weight excluding hydrogens is 295 g/mol. The Morgan fingerprint density at radius 3 is 2.33 bits per heavy atom. The molecule has 0 saturated carbocycles. The van der Waals surface area contributed by atoms with E-state index in [2.05, 4.69) is 9.97 Å². The first-order chi connectivity index (χ1) is 9.72. The molecule has 0 saturated heterocycles. The van der Waals surface area contributed by atoms with Crippen LogP contribution in [0.25, 0.3) is 11.4 Å². The van der Waals surface area contributed by atoms with Crippen molar-refractivity contribution in [3.05, 3.63) is 41.1 Å². The van der Waals surface area contributed by atoms with Crippen LogP contribution in [0.1, 0.15) is 11.3 Å². The number of hydrazine groups is 1. The number of halogens is 5. The van der Waals surface area contributed by atoms with Gasteiger partial charge in [-0.25, -0.2) is 24.6 Å². The van der Waals surface area contributed by atoms with Gasteiger partial charge in [0.15, 0.2) is 17.5 Å². The summed E-state index contributed by atoms with van der Waals surface area (Å²) in [6, 6.07) is 1.85. The van der Waals surface area contributed by atoms with Crippen LogP contribution in [-0.4, -0.2) is 9.97 Å². The van der Waals surface area contributed by atoms with E-state index in [4.69, 9.17) is 5.84 Å². The molecule has 1 heterocycles. The standard InChI is InChI=1S/C12H9F5N4/c1-5-9(14)11(21-18)20-10(19-5)6-2-7(12(15,16)17)4-8(13)3-6/h2-4H,18H2,1H3,(H,19,20,21). The fourth-order valence-corrected chi connectivity index (χ4v) is 1.67. The molecular formula is C12H9F5N4. The molecule has 0 aliphatic carbocycles. The Morgan fingerprint density at radius 1 is 1.10 bits per heavy atom. The molecule has 1 aromatic heterocycles. The van der Waals surface area contributed by atoms with Crippen LogP contribution < -0.4 is 11.3 Å². The monoisotopic (exact) mass is 304 g/mol. The normalized spacial score (nSPS) is 11.6. The average molecular weight is 304 g/mol. The third kappa shape index (κ3) is 3.07. The van der Waals surface area contributed by atoms with E-state index in [1.54, 1.807) is 0 Å². The molecule has 2 rings (SSSR count). The number of nitrogens with two attached hydrogens (primary N) is 1. The second-order valence-electron chi connectivity index (χ2n) is 4.17. The van der Waals surface area contributed by atoms with Crippen molar-refractivity contribution < 1.29 is 22.0 Å². The molecule has 0 spiro atoms. The summed E-state index contributed by atoms with van der Waals surface area (Å²) in [6.07, 6.45) is -4.72. The largest absolute Gasteiger partial charge is 0.416 e. The number of alkyl halides is 3. The van der Waals surface area contributed by atoms with Crippen molar-refractivity contribution in [2.75, 3.05) is 5.43 Å². The molecule has 112 valence electrons. The molecule has 0 fully saturated rings. The Balaban J connectivity index is 2.62. The van der Waals surface area contributed by atoms with Crippen molar-refractivity contribution in [1.29, 1.82) is 0 Å². The van der Waals surface area contributed by atoms with Gasteiger partial charge in [-0.15, -0.1) is 0 Å². The van der Waals surface area contributed by atoms with E-state index < -0.39 is 29.2 Å². The number of nitrogen functional groups attached to an aromatic ring is 1. The Bertz CT molecular complexity index is 684. The first kappa shape index (κ1) is 15.1. The van der Waals surface area contributed by atoms with Crippen LogP contribution in [0.3, 0.4) is 0 Å². The average Bonchev–Trinajstić information content (AvgIpc) is 2.40. The maximum Gasteiger partial charge on any atom is 0.416 e. The van der Waals surface area contributed by atoms with Gasteiger partial charge < -0.3 is 5.43 Å². The number of hydrogen-bond acceptors (Lipinski definition) is 4. The molecule has 0 unspecified atom stereocenters. The number of hydrogen-bond donors (Lipinski definition) is 2. The van der Waals surface area contributed by atoms with Gasteiger partial charge in [-0.2, -0.15) is 13.2 Å². The maximum absolute atomic E-state index is 13.5. The van der Waals surface area contributed by atoms with Gasteiger partial charge in [0.1, 0.15) is 5.82 Å². The number of nitrogens with one attached hydrogen (secondary N) is 1. The van der Waals surface area contributed by atoms with Crippen LogP contribution in [-0.2, 0) is 6.18 Å². The maximum atomic E-state index is 13.5. The van der Waals surface area contributed by atoms with Crippen LogP contribution in [0.5, 0.6) is 0 Å². The fourth-order valence-electron chi connectivity index (χ4n) is 1.67. The molecule has 9 heteroatoms. The van der Waals surface area contributed by atoms with Crippen molar-refractivity contribution in [3.8, 4) is 11.4 Å². The summed E-state index contributed by atoms with van der Waals surface area (Å²) in [5, 5.41) is 0. The molecule has 0 aliphatic heterocycles. The van der Waals surface area contributed by atoms with Crippen molar-refractivity contribution in [2.45, 2.75) is 13.1 Å². The summed E-state index contributed by atoms with van der Waals surface area (Å²) < 4.78 is 64.8. The molecule has 0 bridgehead atoms. The zero-order valence-electron chi connectivity index (χ0n) is 10.6. The highest BCUT2D eigenvalue weighted by Crippen LogP contribution is 2.32. The number of nitrogens with zero attached hydrogens (tertiary/aromatic N) is 2. The van der Waals surface area contributed by atoms with E-state index in [1.165, 1.54) is 6.92 Å². The smallest absolute Gasteiger partial charge is 0.306 e. The number of benzene rings is 1. The third-order valence-electron chi connectivity index (χ3n) is 2.64.